The minimum absolute atomic E-state index is 0.305. The highest BCUT2D eigenvalue weighted by Gasteiger charge is 2.13. The first-order valence-electron chi connectivity index (χ1n) is 5.42. The molecule has 0 aliphatic carbocycles. The van der Waals surface area contributed by atoms with E-state index in [0.29, 0.717) is 6.04 Å². The van der Waals surface area contributed by atoms with Gasteiger partial charge >= 0.3 is 0 Å². The lowest BCUT2D eigenvalue weighted by Gasteiger charge is -2.16. The van der Waals surface area contributed by atoms with Crippen molar-refractivity contribution in [2.45, 2.75) is 19.4 Å². The summed E-state index contributed by atoms with van der Waals surface area (Å²) in [5, 5.41) is 5.46. The predicted molar refractivity (Wildman–Crippen MR) is 68.8 cm³/mol. The smallest absolute Gasteiger partial charge is 0.0605 e. The van der Waals surface area contributed by atoms with Crippen molar-refractivity contribution in [1.29, 1.82) is 0 Å². The van der Waals surface area contributed by atoms with Gasteiger partial charge in [0.2, 0.25) is 0 Å². The van der Waals surface area contributed by atoms with Crippen molar-refractivity contribution in [2.75, 3.05) is 7.05 Å². The van der Waals surface area contributed by atoms with Gasteiger partial charge < -0.3 is 5.32 Å². The van der Waals surface area contributed by atoms with Crippen molar-refractivity contribution in [3.8, 4) is 0 Å². The number of nitrogens with zero attached hydrogens (tertiary/aromatic N) is 1. The molecule has 0 aromatic carbocycles. The summed E-state index contributed by atoms with van der Waals surface area (Å²) in [6.07, 6.45) is 2.87. The van der Waals surface area contributed by atoms with E-state index in [-0.39, 0.29) is 0 Å². The van der Waals surface area contributed by atoms with Crippen molar-refractivity contribution < 1.29 is 0 Å². The zero-order valence-electron chi connectivity index (χ0n) is 9.60. The van der Waals surface area contributed by atoms with Crippen LogP contribution in [0.1, 0.15) is 22.2 Å². The normalized spacial score (nSPS) is 12.6. The average Bonchev–Trinajstić information content (AvgIpc) is 2.80. The molecule has 16 heavy (non-hydrogen) atoms. The number of aromatic nitrogens is 1. The van der Waals surface area contributed by atoms with Crippen LogP contribution in [0.3, 0.4) is 0 Å². The standard InChI is InChI=1S/C13H16N2S/c1-10-5-3-7-15-13(10)12(14-2)9-11-6-4-8-16-11/h3-8,12,14H,9H2,1-2H3. The Morgan fingerprint density at radius 2 is 2.25 bits per heavy atom. The molecule has 0 spiro atoms. The Balaban J connectivity index is 2.20. The molecule has 1 atom stereocenters. The Hall–Kier alpha value is -1.19. The molecule has 0 bridgehead atoms. The van der Waals surface area contributed by atoms with Crippen LogP contribution in [0, 0.1) is 6.92 Å². The SMILES string of the molecule is CNC(Cc1cccs1)c1ncccc1C. The van der Waals surface area contributed by atoms with Gasteiger partial charge in [-0.15, -0.1) is 11.3 Å². The number of pyridine rings is 1. The topological polar surface area (TPSA) is 24.9 Å². The van der Waals surface area contributed by atoms with Gasteiger partial charge in [-0.3, -0.25) is 4.98 Å². The number of likely N-dealkylation sites (N-methyl/N-ethyl adjacent to an activating group) is 1. The molecule has 0 saturated carbocycles. The molecule has 0 aliphatic rings. The average molecular weight is 232 g/mol. The second-order valence-corrected chi connectivity index (χ2v) is 4.86. The van der Waals surface area contributed by atoms with Crippen LogP contribution >= 0.6 is 11.3 Å². The molecule has 2 rings (SSSR count). The first-order valence-corrected chi connectivity index (χ1v) is 6.30. The summed E-state index contributed by atoms with van der Waals surface area (Å²) in [5.74, 6) is 0. The van der Waals surface area contributed by atoms with Crippen LogP contribution in [-0.4, -0.2) is 12.0 Å². The number of hydrogen-bond acceptors (Lipinski definition) is 3. The summed E-state index contributed by atoms with van der Waals surface area (Å²) >= 11 is 1.80. The van der Waals surface area contributed by atoms with E-state index in [1.165, 1.54) is 10.4 Å². The lowest BCUT2D eigenvalue weighted by Crippen LogP contribution is -2.20. The van der Waals surface area contributed by atoms with Crippen LogP contribution in [0.4, 0.5) is 0 Å². The van der Waals surface area contributed by atoms with E-state index in [1.54, 1.807) is 11.3 Å². The third-order valence-corrected chi connectivity index (χ3v) is 3.61. The summed E-state index contributed by atoms with van der Waals surface area (Å²) < 4.78 is 0. The molecule has 0 fully saturated rings. The highest BCUT2D eigenvalue weighted by atomic mass is 32.1. The van der Waals surface area contributed by atoms with Gasteiger partial charge in [-0.1, -0.05) is 12.1 Å². The number of hydrogen-bond donors (Lipinski definition) is 1. The van der Waals surface area contributed by atoms with Crippen molar-refractivity contribution in [3.05, 3.63) is 52.0 Å². The van der Waals surface area contributed by atoms with E-state index in [4.69, 9.17) is 0 Å². The number of nitrogens with one attached hydrogen (secondary N) is 1. The van der Waals surface area contributed by atoms with E-state index in [0.717, 1.165) is 12.1 Å². The molecule has 0 amide bonds. The van der Waals surface area contributed by atoms with E-state index < -0.39 is 0 Å². The molecule has 0 saturated heterocycles. The fourth-order valence-corrected chi connectivity index (χ4v) is 2.58. The zero-order chi connectivity index (χ0) is 11.4. The van der Waals surface area contributed by atoms with Crippen molar-refractivity contribution >= 4 is 11.3 Å². The highest BCUT2D eigenvalue weighted by molar-refractivity contribution is 7.09. The summed E-state index contributed by atoms with van der Waals surface area (Å²) in [6.45, 7) is 2.11. The van der Waals surface area contributed by atoms with Gasteiger partial charge in [0.05, 0.1) is 11.7 Å². The van der Waals surface area contributed by atoms with Crippen LogP contribution < -0.4 is 5.32 Å². The molecular formula is C13H16N2S. The third kappa shape index (κ3) is 2.49. The van der Waals surface area contributed by atoms with Gasteiger partial charge in [0.15, 0.2) is 0 Å². The van der Waals surface area contributed by atoms with Crippen LogP contribution in [0.15, 0.2) is 35.8 Å². The molecule has 0 aliphatic heterocycles. The second kappa shape index (κ2) is 5.23. The fraction of sp³-hybridized carbons (Fsp3) is 0.308. The van der Waals surface area contributed by atoms with Crippen LogP contribution in [-0.2, 0) is 6.42 Å². The Morgan fingerprint density at radius 1 is 1.38 bits per heavy atom. The molecule has 1 unspecified atom stereocenters. The maximum Gasteiger partial charge on any atom is 0.0605 e. The summed E-state index contributed by atoms with van der Waals surface area (Å²) in [5.41, 5.74) is 2.40. The Kier molecular flexibility index (Phi) is 3.70. The maximum atomic E-state index is 4.47. The van der Waals surface area contributed by atoms with Crippen molar-refractivity contribution in [2.24, 2.45) is 0 Å². The van der Waals surface area contributed by atoms with Gasteiger partial charge in [-0.2, -0.15) is 0 Å². The van der Waals surface area contributed by atoms with Gasteiger partial charge in [0.1, 0.15) is 0 Å². The summed E-state index contributed by atoms with van der Waals surface area (Å²) in [6, 6.07) is 8.67. The summed E-state index contributed by atoms with van der Waals surface area (Å²) in [4.78, 5) is 5.87. The zero-order valence-corrected chi connectivity index (χ0v) is 10.4. The largest absolute Gasteiger partial charge is 0.311 e. The van der Waals surface area contributed by atoms with Gasteiger partial charge in [0.25, 0.3) is 0 Å². The number of aryl methyl sites for hydroxylation is 1. The maximum absolute atomic E-state index is 4.47. The molecule has 2 nitrogen and oxygen atoms in total. The molecule has 1 N–H and O–H groups in total. The lowest BCUT2D eigenvalue weighted by molar-refractivity contribution is 0.576. The van der Waals surface area contributed by atoms with Gasteiger partial charge in [-0.25, -0.2) is 0 Å². The Labute approximate surface area is 100 Å². The Morgan fingerprint density at radius 3 is 2.88 bits per heavy atom. The van der Waals surface area contributed by atoms with Crippen LogP contribution in [0.25, 0.3) is 0 Å². The fourth-order valence-electron chi connectivity index (χ4n) is 1.83. The molecule has 2 aromatic rings. The summed E-state index contributed by atoms with van der Waals surface area (Å²) in [7, 11) is 1.99. The van der Waals surface area contributed by atoms with Crippen molar-refractivity contribution in [3.63, 3.8) is 0 Å². The van der Waals surface area contributed by atoms with Crippen LogP contribution in [0.5, 0.6) is 0 Å². The van der Waals surface area contributed by atoms with Gasteiger partial charge in [-0.05, 0) is 37.0 Å². The molecule has 2 heterocycles. The first kappa shape index (κ1) is 11.3. The molecule has 84 valence electrons. The second-order valence-electron chi connectivity index (χ2n) is 3.83. The monoisotopic (exact) mass is 232 g/mol. The molecule has 3 heteroatoms. The minimum Gasteiger partial charge on any atom is -0.311 e. The van der Waals surface area contributed by atoms with E-state index in [2.05, 4.69) is 40.8 Å². The third-order valence-electron chi connectivity index (χ3n) is 2.71. The van der Waals surface area contributed by atoms with E-state index >= 15 is 0 Å². The van der Waals surface area contributed by atoms with Gasteiger partial charge in [0, 0.05) is 17.5 Å². The molecule has 0 radical (unpaired) electrons. The molecule has 2 aromatic heterocycles. The molecular weight excluding hydrogens is 216 g/mol. The Bertz CT molecular complexity index is 437. The van der Waals surface area contributed by atoms with Crippen LogP contribution in [0.2, 0.25) is 0 Å². The quantitative estimate of drug-likeness (QED) is 0.876. The lowest BCUT2D eigenvalue weighted by atomic mass is 10.0. The predicted octanol–water partition coefficient (Wildman–Crippen LogP) is 2.95. The first-order chi connectivity index (χ1) is 7.81. The number of rotatable bonds is 4. The van der Waals surface area contributed by atoms with E-state index in [9.17, 15) is 0 Å². The minimum atomic E-state index is 0.305. The number of thiophene rings is 1. The van der Waals surface area contributed by atoms with E-state index in [1.807, 2.05) is 19.3 Å². The highest BCUT2D eigenvalue weighted by Crippen LogP contribution is 2.21. The van der Waals surface area contributed by atoms with Crippen molar-refractivity contribution in [1.82, 2.24) is 10.3 Å².